The van der Waals surface area contributed by atoms with Crippen LogP contribution in [-0.4, -0.2) is 37.7 Å². The lowest BCUT2D eigenvalue weighted by molar-refractivity contribution is -0.111. The number of thiophene rings is 1. The Balaban J connectivity index is 1.76. The summed E-state index contributed by atoms with van der Waals surface area (Å²) in [6.07, 6.45) is 2.61. The number of methoxy groups -OCH3 is 1. The predicted molar refractivity (Wildman–Crippen MR) is 147 cm³/mol. The van der Waals surface area contributed by atoms with Crippen molar-refractivity contribution in [2.45, 2.75) is 40.4 Å². The zero-order valence-corrected chi connectivity index (χ0v) is 22.8. The van der Waals surface area contributed by atoms with Crippen LogP contribution in [-0.2, 0) is 20.9 Å². The Labute approximate surface area is 226 Å². The molecule has 38 heavy (non-hydrogen) atoms. The molecule has 2 aromatic carbocycles. The summed E-state index contributed by atoms with van der Waals surface area (Å²) in [4.78, 5) is 38.1. The van der Waals surface area contributed by atoms with E-state index in [-0.39, 0.29) is 28.2 Å². The van der Waals surface area contributed by atoms with Crippen LogP contribution in [0, 0.1) is 6.92 Å². The summed E-state index contributed by atoms with van der Waals surface area (Å²) in [6.45, 7) is 7.32. The Morgan fingerprint density at radius 3 is 2.42 bits per heavy atom. The maximum atomic E-state index is 12.8. The summed E-state index contributed by atoms with van der Waals surface area (Å²) < 4.78 is 21.8. The van der Waals surface area contributed by atoms with Gasteiger partial charge in [0.25, 0.3) is 0 Å². The molecular weight excluding hydrogens is 506 g/mol. The first-order valence-corrected chi connectivity index (χ1v) is 12.9. The van der Waals surface area contributed by atoms with Crippen molar-refractivity contribution in [1.82, 2.24) is 0 Å². The monoisotopic (exact) mass is 537 g/mol. The summed E-state index contributed by atoms with van der Waals surface area (Å²) in [6, 6.07) is 15.1. The average molecular weight is 538 g/mol. The first kappa shape index (κ1) is 28.5. The van der Waals surface area contributed by atoms with E-state index in [0.717, 1.165) is 16.9 Å². The maximum Gasteiger partial charge on any atom is 0.348 e. The van der Waals surface area contributed by atoms with Crippen molar-refractivity contribution in [3.8, 4) is 11.5 Å². The van der Waals surface area contributed by atoms with Crippen LogP contribution in [0.5, 0.6) is 11.5 Å². The van der Waals surface area contributed by atoms with E-state index in [2.05, 4.69) is 5.32 Å². The lowest BCUT2D eigenvalue weighted by Crippen LogP contribution is -2.13. The standard InChI is InChI=1S/C29H31NO7S/c1-6-35-28(32)25-19(4)26(29(33)37-18(2)3)38-27(25)30-24(31)15-13-20-12-14-22(23(16-20)34-5)36-17-21-10-8-7-9-11-21/h7-16,18H,6,17H2,1-5H3,(H,30,31)/b15-13+. The molecule has 0 aliphatic carbocycles. The molecule has 9 heteroatoms. The molecule has 1 N–H and O–H groups in total. The van der Waals surface area contributed by atoms with Crippen molar-refractivity contribution in [1.29, 1.82) is 0 Å². The molecule has 0 atom stereocenters. The molecule has 0 spiro atoms. The van der Waals surface area contributed by atoms with Gasteiger partial charge in [-0.15, -0.1) is 11.3 Å². The minimum Gasteiger partial charge on any atom is -0.493 e. The first-order valence-electron chi connectivity index (χ1n) is 12.1. The number of nitrogens with one attached hydrogen (secondary N) is 1. The average Bonchev–Trinajstić information content (AvgIpc) is 3.22. The molecule has 0 fully saturated rings. The molecular formula is C29H31NO7S. The van der Waals surface area contributed by atoms with Crippen molar-refractivity contribution in [3.05, 3.63) is 81.7 Å². The molecule has 0 aliphatic rings. The third-order valence-corrected chi connectivity index (χ3v) is 6.43. The number of anilines is 1. The van der Waals surface area contributed by atoms with Crippen LogP contribution in [0.2, 0.25) is 0 Å². The van der Waals surface area contributed by atoms with Gasteiger partial charge in [-0.1, -0.05) is 36.4 Å². The Hall–Kier alpha value is -4.11. The third kappa shape index (κ3) is 7.45. The van der Waals surface area contributed by atoms with Gasteiger partial charge < -0.3 is 24.3 Å². The fraction of sp³-hybridized carbons (Fsp3) is 0.276. The highest BCUT2D eigenvalue weighted by Crippen LogP contribution is 2.35. The highest BCUT2D eigenvalue weighted by Gasteiger charge is 2.27. The number of carbonyl (C=O) groups is 3. The molecule has 1 heterocycles. The number of rotatable bonds is 11. The van der Waals surface area contributed by atoms with Crippen LogP contribution in [0.25, 0.3) is 6.08 Å². The lowest BCUT2D eigenvalue weighted by atomic mass is 10.1. The molecule has 0 saturated carbocycles. The maximum absolute atomic E-state index is 12.8. The van der Waals surface area contributed by atoms with E-state index >= 15 is 0 Å². The van der Waals surface area contributed by atoms with Crippen molar-refractivity contribution >= 4 is 40.3 Å². The summed E-state index contributed by atoms with van der Waals surface area (Å²) in [5.41, 5.74) is 2.27. The van der Waals surface area contributed by atoms with Gasteiger partial charge in [0, 0.05) is 6.08 Å². The fourth-order valence-corrected chi connectivity index (χ4v) is 4.56. The molecule has 200 valence electrons. The molecule has 3 rings (SSSR count). The van der Waals surface area contributed by atoms with Crippen molar-refractivity contribution < 1.29 is 33.3 Å². The number of amides is 1. The summed E-state index contributed by atoms with van der Waals surface area (Å²) in [7, 11) is 1.54. The number of hydrogen-bond donors (Lipinski definition) is 1. The minimum atomic E-state index is -0.625. The number of carbonyl (C=O) groups excluding carboxylic acids is 3. The number of ether oxygens (including phenoxy) is 4. The van der Waals surface area contributed by atoms with Gasteiger partial charge in [0.2, 0.25) is 5.91 Å². The van der Waals surface area contributed by atoms with E-state index in [9.17, 15) is 14.4 Å². The van der Waals surface area contributed by atoms with Crippen LogP contribution in [0.15, 0.2) is 54.6 Å². The largest absolute Gasteiger partial charge is 0.493 e. The molecule has 0 saturated heterocycles. The zero-order chi connectivity index (χ0) is 27.7. The lowest BCUT2D eigenvalue weighted by Gasteiger charge is -2.11. The third-order valence-electron chi connectivity index (χ3n) is 5.24. The van der Waals surface area contributed by atoms with E-state index < -0.39 is 17.8 Å². The van der Waals surface area contributed by atoms with Crippen LogP contribution < -0.4 is 14.8 Å². The van der Waals surface area contributed by atoms with E-state index in [4.69, 9.17) is 18.9 Å². The zero-order valence-electron chi connectivity index (χ0n) is 22.0. The summed E-state index contributed by atoms with van der Waals surface area (Å²) in [5, 5.41) is 2.91. The molecule has 0 bridgehead atoms. The molecule has 0 radical (unpaired) electrons. The second kappa shape index (κ2) is 13.4. The minimum absolute atomic E-state index is 0.135. The Morgan fingerprint density at radius 1 is 1.03 bits per heavy atom. The van der Waals surface area contributed by atoms with Gasteiger partial charge in [0.1, 0.15) is 16.5 Å². The van der Waals surface area contributed by atoms with Gasteiger partial charge in [-0.3, -0.25) is 4.79 Å². The topological polar surface area (TPSA) is 100 Å². The SMILES string of the molecule is CCOC(=O)c1c(NC(=O)/C=C/c2ccc(OCc3ccccc3)c(OC)c2)sc(C(=O)OC(C)C)c1C. The number of hydrogen-bond acceptors (Lipinski definition) is 8. The van der Waals surface area contributed by atoms with Gasteiger partial charge in [-0.25, -0.2) is 9.59 Å². The number of esters is 2. The quantitative estimate of drug-likeness (QED) is 0.235. The van der Waals surface area contributed by atoms with E-state index in [0.29, 0.717) is 29.2 Å². The van der Waals surface area contributed by atoms with Gasteiger partial charge in [0.15, 0.2) is 11.5 Å². The van der Waals surface area contributed by atoms with Crippen molar-refractivity contribution in [2.24, 2.45) is 0 Å². The van der Waals surface area contributed by atoms with Crippen LogP contribution in [0.1, 0.15) is 57.5 Å². The molecule has 1 aromatic heterocycles. The highest BCUT2D eigenvalue weighted by atomic mass is 32.1. The highest BCUT2D eigenvalue weighted by molar-refractivity contribution is 7.18. The second-order valence-electron chi connectivity index (χ2n) is 8.44. The Kier molecular flexibility index (Phi) is 10.1. The van der Waals surface area contributed by atoms with Crippen molar-refractivity contribution in [3.63, 3.8) is 0 Å². The summed E-state index contributed by atoms with van der Waals surface area (Å²) >= 11 is 0.974. The van der Waals surface area contributed by atoms with E-state index in [1.165, 1.54) is 6.08 Å². The first-order chi connectivity index (χ1) is 18.2. The second-order valence-corrected chi connectivity index (χ2v) is 9.46. The molecule has 0 unspecified atom stereocenters. The normalized spacial score (nSPS) is 10.9. The van der Waals surface area contributed by atoms with Crippen LogP contribution >= 0.6 is 11.3 Å². The number of benzene rings is 2. The van der Waals surface area contributed by atoms with Crippen LogP contribution in [0.3, 0.4) is 0 Å². The molecule has 1 amide bonds. The van der Waals surface area contributed by atoms with Crippen LogP contribution in [0.4, 0.5) is 5.00 Å². The Bertz CT molecular complexity index is 1310. The Morgan fingerprint density at radius 2 is 1.76 bits per heavy atom. The molecule has 8 nitrogen and oxygen atoms in total. The van der Waals surface area contributed by atoms with Gasteiger partial charge >= 0.3 is 11.9 Å². The van der Waals surface area contributed by atoms with Gasteiger partial charge in [0.05, 0.1) is 25.4 Å². The van der Waals surface area contributed by atoms with Crippen molar-refractivity contribution in [2.75, 3.05) is 19.0 Å². The smallest absolute Gasteiger partial charge is 0.348 e. The predicted octanol–water partition coefficient (Wildman–Crippen LogP) is 6.04. The molecule has 0 aliphatic heterocycles. The summed E-state index contributed by atoms with van der Waals surface area (Å²) in [5.74, 6) is -0.572. The van der Waals surface area contributed by atoms with Gasteiger partial charge in [-0.05, 0) is 62.6 Å². The van der Waals surface area contributed by atoms with E-state index in [1.54, 1.807) is 59.1 Å². The molecule has 3 aromatic rings. The van der Waals surface area contributed by atoms with Gasteiger partial charge in [-0.2, -0.15) is 0 Å². The fourth-order valence-electron chi connectivity index (χ4n) is 3.48. The van der Waals surface area contributed by atoms with E-state index in [1.807, 2.05) is 30.3 Å².